The van der Waals surface area contributed by atoms with Crippen molar-refractivity contribution < 1.29 is 14.0 Å². The highest BCUT2D eigenvalue weighted by atomic mass is 19.1. The van der Waals surface area contributed by atoms with Gasteiger partial charge in [0.2, 0.25) is 5.91 Å². The largest absolute Gasteiger partial charge is 0.371 e. The molecule has 0 atom stereocenters. The predicted octanol–water partition coefficient (Wildman–Crippen LogP) is 6.73. The first-order chi connectivity index (χ1) is 18.5. The van der Waals surface area contributed by atoms with Crippen LogP contribution in [-0.4, -0.2) is 24.9 Å². The molecule has 1 fully saturated rings. The van der Waals surface area contributed by atoms with Crippen molar-refractivity contribution in [2.24, 2.45) is 5.92 Å². The van der Waals surface area contributed by atoms with Crippen molar-refractivity contribution in [1.82, 2.24) is 5.32 Å². The maximum absolute atomic E-state index is 13.4. The Bertz CT molecular complexity index is 1190. The van der Waals surface area contributed by atoms with Crippen LogP contribution >= 0.6 is 0 Å². The van der Waals surface area contributed by atoms with E-state index in [4.69, 9.17) is 0 Å². The molecule has 0 unspecified atom stereocenters. The first kappa shape index (κ1) is 27.4. The number of amides is 2. The Morgan fingerprint density at radius 3 is 2.37 bits per heavy atom. The highest BCUT2D eigenvalue weighted by Gasteiger charge is 2.24. The van der Waals surface area contributed by atoms with Crippen LogP contribution in [-0.2, 0) is 17.8 Å². The van der Waals surface area contributed by atoms with Gasteiger partial charge in [-0.25, -0.2) is 4.39 Å². The molecule has 4 rings (SSSR count). The summed E-state index contributed by atoms with van der Waals surface area (Å²) >= 11 is 0. The van der Waals surface area contributed by atoms with E-state index in [2.05, 4.69) is 46.7 Å². The fraction of sp³-hybridized carbons (Fsp3) is 0.375. The van der Waals surface area contributed by atoms with E-state index >= 15 is 0 Å². The van der Waals surface area contributed by atoms with Gasteiger partial charge in [-0.15, -0.1) is 0 Å². The van der Waals surface area contributed by atoms with Gasteiger partial charge in [-0.1, -0.05) is 62.2 Å². The monoisotopic (exact) mass is 515 g/mol. The summed E-state index contributed by atoms with van der Waals surface area (Å²) in [4.78, 5) is 28.1. The standard InChI is InChI=1S/C32H38FN3O2/c1-2-3-5-10-31(37)35-28-15-16-30(29(22-28)32(38)34-23-26-11-13-27(33)14-12-26)36-19-17-25(18-20-36)21-24-8-6-4-7-9-24/h4,6-9,11-16,22,25H,2-3,5,10,17-21,23H2,1H3,(H,34,38)(H,35,37). The van der Waals surface area contributed by atoms with E-state index in [0.717, 1.165) is 62.9 Å². The molecule has 3 aromatic carbocycles. The quantitative estimate of drug-likeness (QED) is 0.278. The third-order valence-corrected chi connectivity index (χ3v) is 7.22. The van der Waals surface area contributed by atoms with Crippen molar-refractivity contribution in [2.45, 2.75) is 58.4 Å². The first-order valence-electron chi connectivity index (χ1n) is 13.8. The Labute approximate surface area is 225 Å². The maximum atomic E-state index is 13.4. The summed E-state index contributed by atoms with van der Waals surface area (Å²) in [6.07, 6.45) is 6.58. The minimum atomic E-state index is -0.305. The van der Waals surface area contributed by atoms with Crippen LogP contribution in [0.1, 0.15) is 66.9 Å². The zero-order valence-electron chi connectivity index (χ0n) is 22.2. The molecule has 200 valence electrons. The third kappa shape index (κ3) is 7.91. The Kier molecular flexibility index (Phi) is 9.90. The van der Waals surface area contributed by atoms with Crippen LogP contribution < -0.4 is 15.5 Å². The average molecular weight is 516 g/mol. The minimum Gasteiger partial charge on any atom is -0.371 e. The van der Waals surface area contributed by atoms with E-state index < -0.39 is 0 Å². The van der Waals surface area contributed by atoms with Gasteiger partial charge < -0.3 is 15.5 Å². The number of anilines is 2. The Morgan fingerprint density at radius 1 is 0.921 bits per heavy atom. The second-order valence-corrected chi connectivity index (χ2v) is 10.2. The van der Waals surface area contributed by atoms with E-state index in [9.17, 15) is 14.0 Å². The number of unbranched alkanes of at least 4 members (excludes halogenated alkanes) is 2. The van der Waals surface area contributed by atoms with E-state index in [-0.39, 0.29) is 17.6 Å². The second kappa shape index (κ2) is 13.8. The zero-order chi connectivity index (χ0) is 26.7. The number of nitrogens with zero attached hydrogens (tertiary/aromatic N) is 1. The first-order valence-corrected chi connectivity index (χ1v) is 13.8. The Balaban J connectivity index is 1.46. The summed E-state index contributed by atoms with van der Waals surface area (Å²) in [6, 6.07) is 22.3. The Hall–Kier alpha value is -3.67. The van der Waals surface area contributed by atoms with Gasteiger partial charge in [-0.2, -0.15) is 0 Å². The van der Waals surface area contributed by atoms with Crippen LogP contribution in [0.2, 0.25) is 0 Å². The van der Waals surface area contributed by atoms with E-state index in [0.29, 0.717) is 30.1 Å². The van der Waals surface area contributed by atoms with Crippen molar-refractivity contribution in [3.05, 3.63) is 95.3 Å². The van der Waals surface area contributed by atoms with Crippen molar-refractivity contribution in [2.75, 3.05) is 23.3 Å². The predicted molar refractivity (Wildman–Crippen MR) is 152 cm³/mol. The number of carbonyl (C=O) groups excluding carboxylic acids is 2. The molecular weight excluding hydrogens is 477 g/mol. The molecule has 5 nitrogen and oxygen atoms in total. The fourth-order valence-electron chi connectivity index (χ4n) is 5.04. The number of nitrogens with one attached hydrogen (secondary N) is 2. The summed E-state index contributed by atoms with van der Waals surface area (Å²) in [5.41, 5.74) is 4.24. The van der Waals surface area contributed by atoms with Crippen LogP contribution in [0.5, 0.6) is 0 Å². The van der Waals surface area contributed by atoms with Gasteiger partial charge >= 0.3 is 0 Å². The molecule has 3 aromatic rings. The molecule has 0 aromatic heterocycles. The number of benzene rings is 3. The number of halogens is 1. The van der Waals surface area contributed by atoms with Crippen molar-refractivity contribution in [3.63, 3.8) is 0 Å². The fourth-order valence-corrected chi connectivity index (χ4v) is 5.04. The summed E-state index contributed by atoms with van der Waals surface area (Å²) in [5, 5.41) is 5.94. The zero-order valence-corrected chi connectivity index (χ0v) is 22.2. The smallest absolute Gasteiger partial charge is 0.253 e. The summed E-state index contributed by atoms with van der Waals surface area (Å²) in [5.74, 6) is 0.0647. The number of hydrogen-bond acceptors (Lipinski definition) is 3. The van der Waals surface area contributed by atoms with Crippen molar-refractivity contribution in [3.8, 4) is 0 Å². The lowest BCUT2D eigenvalue weighted by atomic mass is 9.89. The highest BCUT2D eigenvalue weighted by molar-refractivity contribution is 6.02. The highest BCUT2D eigenvalue weighted by Crippen LogP contribution is 2.30. The number of carbonyl (C=O) groups is 2. The van der Waals surface area contributed by atoms with Crippen LogP contribution in [0.25, 0.3) is 0 Å². The summed E-state index contributed by atoms with van der Waals surface area (Å²) < 4.78 is 13.3. The van der Waals surface area contributed by atoms with Gasteiger partial charge in [0.25, 0.3) is 5.91 Å². The number of rotatable bonds is 11. The number of hydrogen-bond donors (Lipinski definition) is 2. The lowest BCUT2D eigenvalue weighted by Gasteiger charge is -2.35. The van der Waals surface area contributed by atoms with Crippen molar-refractivity contribution in [1.29, 1.82) is 0 Å². The average Bonchev–Trinajstić information content (AvgIpc) is 2.94. The lowest BCUT2D eigenvalue weighted by Crippen LogP contribution is -2.36. The molecule has 38 heavy (non-hydrogen) atoms. The van der Waals surface area contributed by atoms with E-state index in [1.54, 1.807) is 18.2 Å². The minimum absolute atomic E-state index is 0.0365. The summed E-state index contributed by atoms with van der Waals surface area (Å²) in [7, 11) is 0. The lowest BCUT2D eigenvalue weighted by molar-refractivity contribution is -0.116. The van der Waals surface area contributed by atoms with Gasteiger partial charge in [-0.3, -0.25) is 9.59 Å². The van der Waals surface area contributed by atoms with E-state index in [1.807, 2.05) is 18.2 Å². The molecule has 1 aliphatic rings. The summed E-state index contributed by atoms with van der Waals surface area (Å²) in [6.45, 7) is 4.15. The molecule has 0 bridgehead atoms. The molecule has 0 saturated carbocycles. The number of piperidine rings is 1. The topological polar surface area (TPSA) is 61.4 Å². The molecule has 1 heterocycles. The van der Waals surface area contributed by atoms with E-state index in [1.165, 1.54) is 17.7 Å². The normalized spacial score (nSPS) is 13.8. The van der Waals surface area contributed by atoms with Crippen LogP contribution in [0.4, 0.5) is 15.8 Å². The molecular formula is C32H38FN3O2. The van der Waals surface area contributed by atoms with Crippen LogP contribution in [0.3, 0.4) is 0 Å². The molecule has 1 aliphatic heterocycles. The molecule has 6 heteroatoms. The molecule has 0 spiro atoms. The molecule has 0 radical (unpaired) electrons. The SMILES string of the molecule is CCCCCC(=O)Nc1ccc(N2CCC(Cc3ccccc3)CC2)c(C(=O)NCc2ccc(F)cc2)c1. The Morgan fingerprint density at radius 2 is 1.66 bits per heavy atom. The van der Waals surface area contributed by atoms with Gasteiger partial charge in [-0.05, 0) is 73.1 Å². The van der Waals surface area contributed by atoms with Crippen LogP contribution in [0, 0.1) is 11.7 Å². The molecule has 1 saturated heterocycles. The van der Waals surface area contributed by atoms with Crippen molar-refractivity contribution >= 4 is 23.2 Å². The molecule has 2 amide bonds. The third-order valence-electron chi connectivity index (χ3n) is 7.22. The van der Waals surface area contributed by atoms with Gasteiger partial charge in [0, 0.05) is 37.4 Å². The van der Waals surface area contributed by atoms with Gasteiger partial charge in [0.05, 0.1) is 5.56 Å². The second-order valence-electron chi connectivity index (χ2n) is 10.2. The van der Waals surface area contributed by atoms with Gasteiger partial charge in [0.1, 0.15) is 5.82 Å². The maximum Gasteiger partial charge on any atom is 0.253 e. The van der Waals surface area contributed by atoms with Gasteiger partial charge in [0.15, 0.2) is 0 Å². The molecule has 0 aliphatic carbocycles. The molecule has 2 N–H and O–H groups in total. The van der Waals surface area contributed by atoms with Crippen LogP contribution in [0.15, 0.2) is 72.8 Å².